The van der Waals surface area contributed by atoms with Crippen LogP contribution in [0.5, 0.6) is 0 Å². The summed E-state index contributed by atoms with van der Waals surface area (Å²) < 4.78 is 17.1. The normalized spacial score (nSPS) is 22.8. The molecule has 2 saturated carbocycles. The number of hydrogen-bond acceptors (Lipinski definition) is 4. The number of nitrogens with zero attached hydrogens (tertiary/aromatic N) is 4. The molecule has 3 aliphatic rings. The first-order valence-corrected chi connectivity index (χ1v) is 13.7. The van der Waals surface area contributed by atoms with E-state index in [0.717, 1.165) is 43.4 Å². The quantitative estimate of drug-likeness (QED) is 0.376. The fourth-order valence-electron chi connectivity index (χ4n) is 6.26. The van der Waals surface area contributed by atoms with Crippen LogP contribution in [0.4, 0.5) is 4.39 Å². The van der Waals surface area contributed by atoms with Gasteiger partial charge in [0.25, 0.3) is 5.91 Å². The number of aliphatic hydroxyl groups is 1. The number of carbonyl (C=O) groups excluding carboxylic acids is 1. The van der Waals surface area contributed by atoms with Gasteiger partial charge in [-0.05, 0) is 85.8 Å². The monoisotopic (exact) mass is 510 g/mol. The van der Waals surface area contributed by atoms with Crippen molar-refractivity contribution in [1.29, 1.82) is 0 Å². The topological polar surface area (TPSA) is 70.7 Å². The molecule has 1 aliphatic heterocycles. The van der Waals surface area contributed by atoms with Gasteiger partial charge in [0.15, 0.2) is 5.65 Å². The smallest absolute Gasteiger partial charge is 0.273 e. The molecule has 38 heavy (non-hydrogen) atoms. The lowest BCUT2D eigenvalue weighted by atomic mass is 9.72. The summed E-state index contributed by atoms with van der Waals surface area (Å²) >= 11 is 0. The maximum Gasteiger partial charge on any atom is 0.273 e. The van der Waals surface area contributed by atoms with Crippen molar-refractivity contribution in [2.75, 3.05) is 13.2 Å². The van der Waals surface area contributed by atoms with Crippen LogP contribution in [0.25, 0.3) is 16.9 Å². The second kappa shape index (κ2) is 9.02. The van der Waals surface area contributed by atoms with Crippen molar-refractivity contribution in [2.45, 2.75) is 56.9 Å². The fourth-order valence-corrected chi connectivity index (χ4v) is 6.26. The van der Waals surface area contributed by atoms with Crippen LogP contribution in [0.1, 0.15) is 83.4 Å². The van der Waals surface area contributed by atoms with Crippen molar-refractivity contribution in [3.8, 4) is 11.3 Å². The van der Waals surface area contributed by atoms with Crippen LogP contribution in [0.2, 0.25) is 0 Å². The van der Waals surface area contributed by atoms with Crippen molar-refractivity contribution in [2.24, 2.45) is 5.92 Å². The highest BCUT2D eigenvalue weighted by Gasteiger charge is 2.33. The molecule has 1 N–H and O–H groups in total. The Morgan fingerprint density at radius 2 is 1.89 bits per heavy atom. The average molecular weight is 511 g/mol. The second-order valence-electron chi connectivity index (χ2n) is 11.2. The van der Waals surface area contributed by atoms with Crippen molar-refractivity contribution in [1.82, 2.24) is 19.5 Å². The molecule has 6 nitrogen and oxygen atoms in total. The van der Waals surface area contributed by atoms with Gasteiger partial charge in [-0.2, -0.15) is 5.10 Å². The van der Waals surface area contributed by atoms with Crippen LogP contribution in [0.3, 0.4) is 0 Å². The summed E-state index contributed by atoms with van der Waals surface area (Å²) in [5, 5.41) is 14.1. The molecule has 0 radical (unpaired) electrons. The van der Waals surface area contributed by atoms with Gasteiger partial charge < -0.3 is 10.0 Å². The third-order valence-corrected chi connectivity index (χ3v) is 8.76. The first-order valence-electron chi connectivity index (χ1n) is 13.7. The zero-order chi connectivity index (χ0) is 26.0. The summed E-state index contributed by atoms with van der Waals surface area (Å²) in [6.07, 6.45) is 4.73. The zero-order valence-corrected chi connectivity index (χ0v) is 21.5. The van der Waals surface area contributed by atoms with Crippen molar-refractivity contribution >= 4 is 11.6 Å². The number of amides is 1. The predicted molar refractivity (Wildman–Crippen MR) is 143 cm³/mol. The second-order valence-corrected chi connectivity index (χ2v) is 11.2. The molecule has 194 valence electrons. The highest BCUT2D eigenvalue weighted by atomic mass is 19.1. The Balaban J connectivity index is 1.22. The zero-order valence-electron chi connectivity index (χ0n) is 21.5. The molecule has 3 heterocycles. The Labute approximate surface area is 221 Å². The van der Waals surface area contributed by atoms with E-state index in [-0.39, 0.29) is 24.4 Å². The molecule has 1 amide bonds. The maximum absolute atomic E-state index is 15.3. The van der Waals surface area contributed by atoms with Gasteiger partial charge in [-0.3, -0.25) is 4.79 Å². The number of rotatable bonds is 5. The summed E-state index contributed by atoms with van der Waals surface area (Å²) in [7, 11) is 0. The van der Waals surface area contributed by atoms with Gasteiger partial charge in [-0.25, -0.2) is 13.9 Å². The van der Waals surface area contributed by atoms with Gasteiger partial charge >= 0.3 is 0 Å². The molecule has 7 rings (SSSR count). The van der Waals surface area contributed by atoms with E-state index in [0.29, 0.717) is 46.9 Å². The van der Waals surface area contributed by atoms with Gasteiger partial charge in [0.2, 0.25) is 0 Å². The average Bonchev–Trinajstić information content (AvgIpc) is 3.66. The summed E-state index contributed by atoms with van der Waals surface area (Å²) in [5.41, 5.74) is 6.39. The van der Waals surface area contributed by atoms with E-state index < -0.39 is 0 Å². The lowest BCUT2D eigenvalue weighted by molar-refractivity contribution is 0.0671. The van der Waals surface area contributed by atoms with Crippen molar-refractivity contribution < 1.29 is 14.3 Å². The van der Waals surface area contributed by atoms with E-state index in [9.17, 15) is 9.90 Å². The van der Waals surface area contributed by atoms with E-state index >= 15 is 4.39 Å². The van der Waals surface area contributed by atoms with E-state index in [4.69, 9.17) is 10.1 Å². The number of fused-ring (bicyclic) bond motifs is 2. The van der Waals surface area contributed by atoms with Crippen molar-refractivity contribution in [3.05, 3.63) is 88.5 Å². The van der Waals surface area contributed by atoms with Gasteiger partial charge in [0.05, 0.1) is 11.7 Å². The molecule has 0 spiro atoms. The highest BCUT2D eigenvalue weighted by molar-refractivity contribution is 5.93. The molecule has 2 aromatic carbocycles. The number of carbonyl (C=O) groups is 1. The number of aliphatic hydroxyl groups excluding tert-OH is 1. The Bertz CT molecular complexity index is 1550. The Hall–Kier alpha value is -3.58. The molecular weight excluding hydrogens is 479 g/mol. The number of aromatic nitrogens is 3. The van der Waals surface area contributed by atoms with Crippen LogP contribution in [-0.4, -0.2) is 43.7 Å². The Morgan fingerprint density at radius 1 is 1.08 bits per heavy atom. The number of halogens is 1. The van der Waals surface area contributed by atoms with Crippen molar-refractivity contribution in [3.63, 3.8) is 0 Å². The largest absolute Gasteiger partial charge is 0.396 e. The lowest BCUT2D eigenvalue weighted by Crippen LogP contribution is -2.39. The van der Waals surface area contributed by atoms with E-state index in [1.807, 2.05) is 29.2 Å². The minimum Gasteiger partial charge on any atom is -0.396 e. The molecule has 2 aromatic heterocycles. The van der Waals surface area contributed by atoms with Gasteiger partial charge in [0.1, 0.15) is 11.5 Å². The minimum absolute atomic E-state index is 0.0220. The molecule has 7 heteroatoms. The number of benzene rings is 2. The van der Waals surface area contributed by atoms with Gasteiger partial charge in [-0.1, -0.05) is 30.3 Å². The van der Waals surface area contributed by atoms with Crippen LogP contribution in [0, 0.1) is 11.7 Å². The summed E-state index contributed by atoms with van der Waals surface area (Å²) in [5.74, 6) is 0.592. The van der Waals surface area contributed by atoms with Crippen LogP contribution < -0.4 is 0 Å². The van der Waals surface area contributed by atoms with E-state index in [1.54, 1.807) is 22.7 Å². The molecule has 1 atom stereocenters. The van der Waals surface area contributed by atoms with E-state index in [2.05, 4.69) is 19.1 Å². The molecular formula is C31H31FN4O2. The SMILES string of the molecule is C[C@@H]1c2ccccc2CCN1C(=O)c1cc(C2CC2)n2nc(-c3ccc([C@H]4C[C@@H](CO)C4)cc3F)cc2n1. The number of hydrogen-bond donors (Lipinski definition) is 1. The third kappa shape index (κ3) is 3.91. The predicted octanol–water partition coefficient (Wildman–Crippen LogP) is 5.66. The summed E-state index contributed by atoms with van der Waals surface area (Å²) in [6, 6.07) is 17.4. The molecule has 2 fully saturated rings. The lowest BCUT2D eigenvalue weighted by Gasteiger charge is -2.35. The molecule has 0 saturated heterocycles. The standard InChI is InChI=1S/C31H31FN4O2/c1-18-24-5-3-2-4-20(24)10-11-35(18)31(38)28-15-29(21-6-7-21)36-30(33-28)16-27(34-36)25-9-8-22(14-26(25)32)23-12-19(13-23)17-37/h2-5,8-9,14-16,18-19,21,23,37H,6-7,10-13,17H2,1H3/t18-,19-,23+/m1/s1. The van der Waals surface area contributed by atoms with Crippen LogP contribution >= 0.6 is 0 Å². The molecule has 2 aliphatic carbocycles. The van der Waals surface area contributed by atoms with Crippen LogP contribution in [-0.2, 0) is 6.42 Å². The molecule has 4 aromatic rings. The highest BCUT2D eigenvalue weighted by Crippen LogP contribution is 2.43. The summed E-state index contributed by atoms with van der Waals surface area (Å²) in [4.78, 5) is 20.4. The third-order valence-electron chi connectivity index (χ3n) is 8.76. The first-order chi connectivity index (χ1) is 18.5. The molecule has 0 unspecified atom stereocenters. The summed E-state index contributed by atoms with van der Waals surface area (Å²) in [6.45, 7) is 2.93. The Morgan fingerprint density at radius 3 is 2.66 bits per heavy atom. The Kier molecular flexibility index (Phi) is 5.58. The minimum atomic E-state index is -0.302. The van der Waals surface area contributed by atoms with E-state index in [1.165, 1.54) is 11.1 Å². The van der Waals surface area contributed by atoms with Gasteiger partial charge in [0, 0.05) is 36.4 Å². The maximum atomic E-state index is 15.3. The molecule has 0 bridgehead atoms. The fraction of sp³-hybridized carbons (Fsp3) is 0.387. The first kappa shape index (κ1) is 23.5. The van der Waals surface area contributed by atoms with Crippen LogP contribution in [0.15, 0.2) is 54.6 Å². The van der Waals surface area contributed by atoms with Gasteiger partial charge in [-0.15, -0.1) is 0 Å².